The predicted molar refractivity (Wildman–Crippen MR) is 106 cm³/mol. The van der Waals surface area contributed by atoms with Gasteiger partial charge in [0.25, 0.3) is 11.6 Å². The molecule has 0 atom stereocenters. The van der Waals surface area contributed by atoms with Crippen molar-refractivity contribution in [1.29, 1.82) is 0 Å². The van der Waals surface area contributed by atoms with Crippen LogP contribution in [-0.4, -0.2) is 22.3 Å². The number of anilines is 1. The van der Waals surface area contributed by atoms with Crippen molar-refractivity contribution in [3.05, 3.63) is 59.1 Å². The molecule has 4 rings (SSSR count). The van der Waals surface area contributed by atoms with Crippen molar-refractivity contribution < 1.29 is 9.32 Å². The van der Waals surface area contributed by atoms with Gasteiger partial charge in [0.05, 0.1) is 32.9 Å². The Morgan fingerprint density at radius 3 is 2.85 bits per heavy atom. The van der Waals surface area contributed by atoms with Crippen molar-refractivity contribution in [2.45, 2.75) is 11.8 Å². The molecule has 0 aliphatic heterocycles. The van der Waals surface area contributed by atoms with Gasteiger partial charge in [0, 0.05) is 4.90 Å². The number of rotatable bonds is 4. The molecule has 1 N–H and O–H groups in total. The standard InChI is InChI=1S/C19H15N3O2S2/c1-11-17-12(18(23)20-13-6-3-4-7-15(13)25-2)10-14(16-8-5-9-26-16)21-19(17)24-22-11/h3-10H,1-2H3,(H,20,23). The number of thioether (sulfide) groups is 1. The summed E-state index contributed by atoms with van der Waals surface area (Å²) in [7, 11) is 0. The quantitative estimate of drug-likeness (QED) is 0.490. The van der Waals surface area contributed by atoms with Gasteiger partial charge in [0.1, 0.15) is 0 Å². The van der Waals surface area contributed by atoms with Crippen molar-refractivity contribution in [1.82, 2.24) is 10.1 Å². The smallest absolute Gasteiger partial charge is 0.259 e. The van der Waals surface area contributed by atoms with Crippen LogP contribution < -0.4 is 5.32 Å². The maximum absolute atomic E-state index is 13.1. The average Bonchev–Trinajstić information content (AvgIpc) is 3.32. The van der Waals surface area contributed by atoms with E-state index in [9.17, 15) is 4.79 Å². The summed E-state index contributed by atoms with van der Waals surface area (Å²) in [6, 6.07) is 13.4. The van der Waals surface area contributed by atoms with Crippen LogP contribution in [-0.2, 0) is 0 Å². The lowest BCUT2D eigenvalue weighted by Gasteiger charge is -2.10. The Hall–Kier alpha value is -2.64. The summed E-state index contributed by atoms with van der Waals surface area (Å²) in [5.41, 5.74) is 3.01. The maximum Gasteiger partial charge on any atom is 0.259 e. The number of benzene rings is 1. The molecule has 7 heteroatoms. The van der Waals surface area contributed by atoms with Crippen LogP contribution in [0.5, 0.6) is 0 Å². The van der Waals surface area contributed by atoms with Gasteiger partial charge in [0.2, 0.25) is 0 Å². The van der Waals surface area contributed by atoms with Crippen LogP contribution in [0.1, 0.15) is 16.1 Å². The molecular weight excluding hydrogens is 366 g/mol. The number of pyridine rings is 1. The van der Waals surface area contributed by atoms with E-state index in [0.29, 0.717) is 28.1 Å². The average molecular weight is 381 g/mol. The third-order valence-electron chi connectivity index (χ3n) is 3.99. The zero-order valence-electron chi connectivity index (χ0n) is 14.1. The molecule has 0 saturated carbocycles. The van der Waals surface area contributed by atoms with Crippen molar-refractivity contribution in [2.75, 3.05) is 11.6 Å². The fourth-order valence-corrected chi connectivity index (χ4v) is 4.00. The van der Waals surface area contributed by atoms with E-state index in [-0.39, 0.29) is 5.91 Å². The zero-order valence-corrected chi connectivity index (χ0v) is 15.8. The third-order valence-corrected chi connectivity index (χ3v) is 5.68. The van der Waals surface area contributed by atoms with E-state index in [2.05, 4.69) is 15.5 Å². The Kier molecular flexibility index (Phi) is 4.48. The molecular formula is C19H15N3O2S2. The fourth-order valence-electron chi connectivity index (χ4n) is 2.76. The highest BCUT2D eigenvalue weighted by Crippen LogP contribution is 2.31. The maximum atomic E-state index is 13.1. The predicted octanol–water partition coefficient (Wildman–Crippen LogP) is 5.23. The first-order valence-electron chi connectivity index (χ1n) is 7.92. The number of thiophene rings is 1. The van der Waals surface area contributed by atoms with E-state index >= 15 is 0 Å². The molecule has 3 aromatic heterocycles. The number of nitrogens with zero attached hydrogens (tertiary/aromatic N) is 2. The Bertz CT molecular complexity index is 1090. The number of hydrogen-bond donors (Lipinski definition) is 1. The molecule has 26 heavy (non-hydrogen) atoms. The minimum Gasteiger partial charge on any atom is -0.335 e. The molecule has 1 aromatic carbocycles. The van der Waals surface area contributed by atoms with Crippen LogP contribution >= 0.6 is 23.1 Å². The summed E-state index contributed by atoms with van der Waals surface area (Å²) in [4.78, 5) is 19.6. The van der Waals surface area contributed by atoms with E-state index < -0.39 is 0 Å². The van der Waals surface area contributed by atoms with Crippen molar-refractivity contribution in [2.24, 2.45) is 0 Å². The van der Waals surface area contributed by atoms with Gasteiger partial charge in [-0.1, -0.05) is 23.4 Å². The summed E-state index contributed by atoms with van der Waals surface area (Å²) in [6.45, 7) is 1.81. The molecule has 0 aliphatic rings. The molecule has 0 unspecified atom stereocenters. The normalized spacial score (nSPS) is 11.0. The number of aryl methyl sites for hydroxylation is 1. The largest absolute Gasteiger partial charge is 0.335 e. The molecule has 0 spiro atoms. The number of carbonyl (C=O) groups excluding carboxylic acids is 1. The SMILES string of the molecule is CSc1ccccc1NC(=O)c1cc(-c2cccs2)nc2onc(C)c12. The van der Waals surface area contributed by atoms with Gasteiger partial charge in [0.15, 0.2) is 0 Å². The second-order valence-corrected chi connectivity index (χ2v) is 7.43. The van der Waals surface area contributed by atoms with Gasteiger partial charge >= 0.3 is 0 Å². The van der Waals surface area contributed by atoms with Crippen LogP contribution in [0, 0.1) is 6.92 Å². The summed E-state index contributed by atoms with van der Waals surface area (Å²) >= 11 is 3.15. The lowest BCUT2D eigenvalue weighted by molar-refractivity contribution is 0.102. The molecule has 0 bridgehead atoms. The number of hydrogen-bond acceptors (Lipinski definition) is 6. The van der Waals surface area contributed by atoms with E-state index in [0.717, 1.165) is 15.5 Å². The summed E-state index contributed by atoms with van der Waals surface area (Å²) in [5, 5.41) is 9.61. The lowest BCUT2D eigenvalue weighted by Crippen LogP contribution is -2.13. The molecule has 0 saturated heterocycles. The van der Waals surface area contributed by atoms with Gasteiger partial charge in [-0.2, -0.15) is 0 Å². The van der Waals surface area contributed by atoms with Gasteiger partial charge in [-0.05, 0) is 42.8 Å². The minimum atomic E-state index is -0.206. The topological polar surface area (TPSA) is 68.0 Å². The first-order valence-corrected chi connectivity index (χ1v) is 10.0. The second-order valence-electron chi connectivity index (χ2n) is 5.63. The minimum absolute atomic E-state index is 0.206. The molecule has 130 valence electrons. The summed E-state index contributed by atoms with van der Waals surface area (Å²) in [6.07, 6.45) is 1.98. The number of para-hydroxylation sites is 1. The van der Waals surface area contributed by atoms with Crippen LogP contribution in [0.3, 0.4) is 0 Å². The monoisotopic (exact) mass is 381 g/mol. The number of aromatic nitrogens is 2. The molecule has 3 heterocycles. The zero-order chi connectivity index (χ0) is 18.1. The number of carbonyl (C=O) groups is 1. The Labute approximate surface area is 158 Å². The van der Waals surface area contributed by atoms with Crippen LogP contribution in [0.25, 0.3) is 21.7 Å². The van der Waals surface area contributed by atoms with Crippen molar-refractivity contribution >= 4 is 45.8 Å². The molecule has 0 aliphatic carbocycles. The van der Waals surface area contributed by atoms with E-state index in [1.807, 2.05) is 55.0 Å². The van der Waals surface area contributed by atoms with Crippen LogP contribution in [0.4, 0.5) is 5.69 Å². The van der Waals surface area contributed by atoms with E-state index in [1.54, 1.807) is 29.2 Å². The van der Waals surface area contributed by atoms with Gasteiger partial charge in [-0.3, -0.25) is 4.79 Å². The fraction of sp³-hybridized carbons (Fsp3) is 0.105. The number of nitrogens with one attached hydrogen (secondary N) is 1. The summed E-state index contributed by atoms with van der Waals surface area (Å²) < 4.78 is 5.33. The highest BCUT2D eigenvalue weighted by Gasteiger charge is 2.20. The van der Waals surface area contributed by atoms with Crippen LogP contribution in [0.2, 0.25) is 0 Å². The Balaban J connectivity index is 1.81. The third kappa shape index (κ3) is 3.00. The van der Waals surface area contributed by atoms with E-state index in [4.69, 9.17) is 4.52 Å². The number of fused-ring (bicyclic) bond motifs is 1. The van der Waals surface area contributed by atoms with E-state index in [1.165, 1.54) is 0 Å². The molecule has 4 aromatic rings. The highest BCUT2D eigenvalue weighted by atomic mass is 32.2. The van der Waals surface area contributed by atoms with Gasteiger partial charge in [-0.15, -0.1) is 23.1 Å². The molecule has 5 nitrogen and oxygen atoms in total. The van der Waals surface area contributed by atoms with Crippen molar-refractivity contribution in [3.63, 3.8) is 0 Å². The molecule has 1 amide bonds. The van der Waals surface area contributed by atoms with Gasteiger partial charge in [-0.25, -0.2) is 4.98 Å². The Morgan fingerprint density at radius 2 is 2.08 bits per heavy atom. The number of amides is 1. The highest BCUT2D eigenvalue weighted by molar-refractivity contribution is 7.98. The molecule has 0 radical (unpaired) electrons. The van der Waals surface area contributed by atoms with Crippen LogP contribution in [0.15, 0.2) is 57.3 Å². The molecule has 0 fully saturated rings. The first kappa shape index (κ1) is 16.8. The Morgan fingerprint density at radius 1 is 1.23 bits per heavy atom. The lowest BCUT2D eigenvalue weighted by atomic mass is 10.1. The first-order chi connectivity index (χ1) is 12.7. The second kappa shape index (κ2) is 6.93. The van der Waals surface area contributed by atoms with Crippen molar-refractivity contribution in [3.8, 4) is 10.6 Å². The van der Waals surface area contributed by atoms with Gasteiger partial charge < -0.3 is 9.84 Å². The summed E-state index contributed by atoms with van der Waals surface area (Å²) in [5.74, 6) is -0.206.